The summed E-state index contributed by atoms with van der Waals surface area (Å²) in [6.45, 7) is 6.01. The van der Waals surface area contributed by atoms with Crippen LogP contribution >= 0.6 is 0 Å². The van der Waals surface area contributed by atoms with E-state index in [4.69, 9.17) is 0 Å². The zero-order valence-corrected chi connectivity index (χ0v) is 17.5. The molecule has 148 valence electrons. The van der Waals surface area contributed by atoms with Crippen LogP contribution in [-0.4, -0.2) is 12.6 Å². The Kier molecular flexibility index (Phi) is 11.2. The number of hydrogen-bond acceptors (Lipinski definition) is 1. The van der Waals surface area contributed by atoms with E-state index in [2.05, 4.69) is 19.2 Å². The van der Waals surface area contributed by atoms with Crippen LogP contribution < -0.4 is 5.32 Å². The minimum Gasteiger partial charge on any atom is -0.314 e. The maximum Gasteiger partial charge on any atom is 0.00697 e. The first-order valence-electron chi connectivity index (χ1n) is 12.0. The summed E-state index contributed by atoms with van der Waals surface area (Å²) in [4.78, 5) is 0. The molecule has 2 rings (SSSR count). The standard InChI is InChI=1S/C24H47N/c1-3-5-6-7-11-21(4-2)20-24(16-9-14-22-12-8-13-22)25-19-10-15-23-17-18-23/h21-25H,3-20H2,1-2H3. The molecule has 1 heteroatoms. The highest BCUT2D eigenvalue weighted by Gasteiger charge is 2.21. The molecular formula is C24H47N. The lowest BCUT2D eigenvalue weighted by Gasteiger charge is -2.28. The van der Waals surface area contributed by atoms with Crippen LogP contribution in [0.3, 0.4) is 0 Å². The third-order valence-electron chi connectivity index (χ3n) is 6.97. The van der Waals surface area contributed by atoms with Crippen molar-refractivity contribution in [2.75, 3.05) is 6.54 Å². The molecule has 2 aliphatic rings. The summed E-state index contributed by atoms with van der Waals surface area (Å²) in [5.41, 5.74) is 0. The second-order valence-electron chi connectivity index (χ2n) is 9.32. The van der Waals surface area contributed by atoms with Crippen molar-refractivity contribution in [2.45, 2.75) is 129 Å². The summed E-state index contributed by atoms with van der Waals surface area (Å²) in [5, 5.41) is 3.98. The fourth-order valence-corrected chi connectivity index (χ4v) is 4.59. The van der Waals surface area contributed by atoms with Gasteiger partial charge in [0.2, 0.25) is 0 Å². The first-order valence-corrected chi connectivity index (χ1v) is 12.0. The molecule has 0 aromatic heterocycles. The van der Waals surface area contributed by atoms with Crippen LogP contribution in [0.2, 0.25) is 0 Å². The van der Waals surface area contributed by atoms with E-state index in [-0.39, 0.29) is 0 Å². The highest BCUT2D eigenvalue weighted by molar-refractivity contribution is 4.77. The van der Waals surface area contributed by atoms with E-state index in [0.717, 1.165) is 23.8 Å². The lowest BCUT2D eigenvalue weighted by atomic mass is 9.81. The van der Waals surface area contributed by atoms with Gasteiger partial charge in [-0.3, -0.25) is 0 Å². The van der Waals surface area contributed by atoms with Gasteiger partial charge in [0.05, 0.1) is 0 Å². The van der Waals surface area contributed by atoms with Crippen molar-refractivity contribution in [3.8, 4) is 0 Å². The molecule has 2 saturated carbocycles. The quantitative estimate of drug-likeness (QED) is 0.268. The Labute approximate surface area is 159 Å². The van der Waals surface area contributed by atoms with E-state index < -0.39 is 0 Å². The van der Waals surface area contributed by atoms with Crippen LogP contribution in [0.4, 0.5) is 0 Å². The van der Waals surface area contributed by atoms with Crippen LogP contribution in [0.25, 0.3) is 0 Å². The Morgan fingerprint density at radius 1 is 0.800 bits per heavy atom. The van der Waals surface area contributed by atoms with Crippen molar-refractivity contribution in [3.05, 3.63) is 0 Å². The average Bonchev–Trinajstić information content (AvgIpc) is 3.40. The third-order valence-corrected chi connectivity index (χ3v) is 6.97. The monoisotopic (exact) mass is 349 g/mol. The van der Waals surface area contributed by atoms with Gasteiger partial charge in [-0.25, -0.2) is 0 Å². The second kappa shape index (κ2) is 13.2. The SMILES string of the molecule is CCCCCCC(CC)CC(CCCC1CCC1)NCCCC1CC1. The molecule has 1 N–H and O–H groups in total. The van der Waals surface area contributed by atoms with E-state index >= 15 is 0 Å². The summed E-state index contributed by atoms with van der Waals surface area (Å²) >= 11 is 0. The Hall–Kier alpha value is -0.0400. The number of hydrogen-bond donors (Lipinski definition) is 1. The molecule has 0 saturated heterocycles. The molecule has 0 spiro atoms. The van der Waals surface area contributed by atoms with E-state index in [1.807, 2.05) is 0 Å². The molecular weight excluding hydrogens is 302 g/mol. The van der Waals surface area contributed by atoms with Crippen molar-refractivity contribution in [1.82, 2.24) is 5.32 Å². The van der Waals surface area contributed by atoms with Gasteiger partial charge in [-0.1, -0.05) is 97.3 Å². The van der Waals surface area contributed by atoms with Crippen LogP contribution in [0.15, 0.2) is 0 Å². The van der Waals surface area contributed by atoms with Crippen molar-refractivity contribution in [2.24, 2.45) is 17.8 Å². The summed E-state index contributed by atoms with van der Waals surface area (Å²) in [6.07, 6.45) is 24.9. The zero-order valence-electron chi connectivity index (χ0n) is 17.5. The topological polar surface area (TPSA) is 12.0 Å². The predicted octanol–water partition coefficient (Wildman–Crippen LogP) is 7.49. The molecule has 1 nitrogen and oxygen atoms in total. The fraction of sp³-hybridized carbons (Fsp3) is 1.00. The van der Waals surface area contributed by atoms with E-state index in [1.54, 1.807) is 0 Å². The molecule has 2 atom stereocenters. The zero-order chi connectivity index (χ0) is 17.7. The van der Waals surface area contributed by atoms with Gasteiger partial charge < -0.3 is 5.32 Å². The molecule has 0 aromatic rings. The van der Waals surface area contributed by atoms with Crippen LogP contribution in [0, 0.1) is 17.8 Å². The van der Waals surface area contributed by atoms with Crippen molar-refractivity contribution in [3.63, 3.8) is 0 Å². The van der Waals surface area contributed by atoms with Gasteiger partial charge in [0, 0.05) is 6.04 Å². The van der Waals surface area contributed by atoms with Gasteiger partial charge in [-0.2, -0.15) is 0 Å². The highest BCUT2D eigenvalue weighted by atomic mass is 14.9. The lowest BCUT2D eigenvalue weighted by molar-refractivity contribution is 0.271. The van der Waals surface area contributed by atoms with Gasteiger partial charge in [-0.05, 0) is 50.0 Å². The molecule has 2 aliphatic carbocycles. The maximum atomic E-state index is 3.98. The Bertz CT molecular complexity index is 305. The van der Waals surface area contributed by atoms with E-state index in [9.17, 15) is 0 Å². The van der Waals surface area contributed by atoms with Gasteiger partial charge in [0.1, 0.15) is 0 Å². The van der Waals surface area contributed by atoms with Crippen molar-refractivity contribution < 1.29 is 0 Å². The normalized spacial score (nSPS) is 20.4. The van der Waals surface area contributed by atoms with Gasteiger partial charge in [0.15, 0.2) is 0 Å². The van der Waals surface area contributed by atoms with Crippen LogP contribution in [0.5, 0.6) is 0 Å². The Morgan fingerprint density at radius 2 is 1.56 bits per heavy atom. The fourth-order valence-electron chi connectivity index (χ4n) is 4.59. The first kappa shape index (κ1) is 21.3. The summed E-state index contributed by atoms with van der Waals surface area (Å²) in [7, 11) is 0. The molecule has 2 unspecified atom stereocenters. The number of unbranched alkanes of at least 4 members (excludes halogenated alkanes) is 3. The largest absolute Gasteiger partial charge is 0.314 e. The van der Waals surface area contributed by atoms with Crippen molar-refractivity contribution >= 4 is 0 Å². The molecule has 0 radical (unpaired) electrons. The molecule has 0 amide bonds. The Morgan fingerprint density at radius 3 is 2.20 bits per heavy atom. The molecule has 0 heterocycles. The predicted molar refractivity (Wildman–Crippen MR) is 112 cm³/mol. The lowest BCUT2D eigenvalue weighted by Crippen LogP contribution is -2.32. The van der Waals surface area contributed by atoms with Gasteiger partial charge >= 0.3 is 0 Å². The molecule has 25 heavy (non-hydrogen) atoms. The minimum atomic E-state index is 0.801. The maximum absolute atomic E-state index is 3.98. The third kappa shape index (κ3) is 10.0. The van der Waals surface area contributed by atoms with Crippen molar-refractivity contribution in [1.29, 1.82) is 0 Å². The Balaban J connectivity index is 1.63. The molecule has 0 aromatic carbocycles. The van der Waals surface area contributed by atoms with Gasteiger partial charge in [-0.15, -0.1) is 0 Å². The second-order valence-corrected chi connectivity index (χ2v) is 9.32. The van der Waals surface area contributed by atoms with Gasteiger partial charge in [0.25, 0.3) is 0 Å². The van der Waals surface area contributed by atoms with E-state index in [1.165, 1.54) is 116 Å². The highest BCUT2D eigenvalue weighted by Crippen LogP contribution is 2.33. The number of nitrogens with one attached hydrogen (secondary N) is 1. The molecule has 0 bridgehead atoms. The summed E-state index contributed by atoms with van der Waals surface area (Å²) in [6, 6.07) is 0.801. The van der Waals surface area contributed by atoms with Crippen LogP contribution in [-0.2, 0) is 0 Å². The van der Waals surface area contributed by atoms with Crippen LogP contribution in [0.1, 0.15) is 123 Å². The van der Waals surface area contributed by atoms with E-state index in [0.29, 0.717) is 0 Å². The minimum absolute atomic E-state index is 0.801. The molecule has 0 aliphatic heterocycles. The summed E-state index contributed by atoms with van der Waals surface area (Å²) in [5.74, 6) is 3.15. The number of rotatable bonds is 17. The molecule has 2 fully saturated rings. The average molecular weight is 350 g/mol. The first-order chi connectivity index (χ1) is 12.3. The smallest absolute Gasteiger partial charge is 0.00697 e. The summed E-state index contributed by atoms with van der Waals surface area (Å²) < 4.78 is 0.